The van der Waals surface area contributed by atoms with Gasteiger partial charge in [0.1, 0.15) is 0 Å². The number of nitrogens with one attached hydrogen (secondary N) is 1. The van der Waals surface area contributed by atoms with Gasteiger partial charge < -0.3 is 0 Å². The Hall–Kier alpha value is -0.0900. The Bertz CT molecular complexity index is 242. The highest BCUT2D eigenvalue weighted by molar-refractivity contribution is 7.89. The van der Waals surface area contributed by atoms with Crippen molar-refractivity contribution in [2.75, 3.05) is 5.75 Å². The maximum absolute atomic E-state index is 11.4. The van der Waals surface area contributed by atoms with E-state index >= 15 is 0 Å². The summed E-state index contributed by atoms with van der Waals surface area (Å²) in [6.07, 6.45) is 3.80. The van der Waals surface area contributed by atoms with Crippen molar-refractivity contribution in [1.29, 1.82) is 0 Å². The van der Waals surface area contributed by atoms with Crippen molar-refractivity contribution in [3.05, 3.63) is 0 Å². The van der Waals surface area contributed by atoms with Crippen LogP contribution in [0.4, 0.5) is 0 Å². The van der Waals surface area contributed by atoms with Gasteiger partial charge in [-0.05, 0) is 31.6 Å². The molecule has 0 aromatic carbocycles. The molecule has 1 aliphatic rings. The monoisotopic (exact) mass is 205 g/mol. The second-order valence-corrected chi connectivity index (χ2v) is 6.12. The molecular formula is C9H19NO2S. The van der Waals surface area contributed by atoms with E-state index in [4.69, 9.17) is 0 Å². The van der Waals surface area contributed by atoms with Crippen LogP contribution in [0.1, 0.15) is 39.5 Å². The van der Waals surface area contributed by atoms with Crippen LogP contribution < -0.4 is 4.72 Å². The van der Waals surface area contributed by atoms with Gasteiger partial charge in [-0.1, -0.05) is 13.8 Å². The van der Waals surface area contributed by atoms with Gasteiger partial charge in [-0.2, -0.15) is 0 Å². The molecule has 1 fully saturated rings. The molecule has 0 saturated heterocycles. The van der Waals surface area contributed by atoms with Gasteiger partial charge in [0.05, 0.1) is 5.75 Å². The maximum atomic E-state index is 11.4. The zero-order valence-electron chi connectivity index (χ0n) is 8.41. The van der Waals surface area contributed by atoms with Crippen molar-refractivity contribution < 1.29 is 8.42 Å². The van der Waals surface area contributed by atoms with Crippen LogP contribution in [0.25, 0.3) is 0 Å². The molecule has 0 radical (unpaired) electrons. The van der Waals surface area contributed by atoms with Gasteiger partial charge in [0.25, 0.3) is 0 Å². The van der Waals surface area contributed by atoms with Gasteiger partial charge in [-0.15, -0.1) is 0 Å². The van der Waals surface area contributed by atoms with Crippen LogP contribution in [0.5, 0.6) is 0 Å². The molecule has 1 aliphatic carbocycles. The normalized spacial score (nSPS) is 18.1. The predicted octanol–water partition coefficient (Wildman–Crippen LogP) is 1.50. The van der Waals surface area contributed by atoms with Crippen LogP contribution in [-0.4, -0.2) is 20.2 Å². The predicted molar refractivity (Wildman–Crippen MR) is 54.0 cm³/mol. The van der Waals surface area contributed by atoms with Gasteiger partial charge in [0.15, 0.2) is 0 Å². The summed E-state index contributed by atoms with van der Waals surface area (Å²) in [4.78, 5) is 0. The Labute approximate surface area is 81.0 Å². The van der Waals surface area contributed by atoms with Gasteiger partial charge in [0, 0.05) is 6.04 Å². The fourth-order valence-corrected chi connectivity index (χ4v) is 2.60. The third-order valence-electron chi connectivity index (χ3n) is 2.12. The first-order chi connectivity index (χ1) is 5.99. The lowest BCUT2D eigenvalue weighted by Gasteiger charge is -2.06. The van der Waals surface area contributed by atoms with Gasteiger partial charge in [-0.3, -0.25) is 0 Å². The highest BCUT2D eigenvalue weighted by Gasteiger charge is 2.26. The molecular weight excluding hydrogens is 186 g/mol. The number of hydrogen-bond donors (Lipinski definition) is 1. The van der Waals surface area contributed by atoms with E-state index in [1.54, 1.807) is 0 Å². The molecule has 0 spiro atoms. The zero-order valence-corrected chi connectivity index (χ0v) is 9.23. The first kappa shape index (κ1) is 11.0. The smallest absolute Gasteiger partial charge is 0.211 e. The molecule has 3 nitrogen and oxygen atoms in total. The summed E-state index contributed by atoms with van der Waals surface area (Å²) in [5, 5.41) is 0. The molecule has 0 aromatic heterocycles. The average Bonchev–Trinajstić information content (AvgIpc) is 2.68. The van der Waals surface area contributed by atoms with E-state index in [-0.39, 0.29) is 6.04 Å². The SMILES string of the molecule is CC(C)CCCS(=O)(=O)NC1CC1. The lowest BCUT2D eigenvalue weighted by Crippen LogP contribution is -2.28. The molecule has 13 heavy (non-hydrogen) atoms. The van der Waals surface area contributed by atoms with Crippen molar-refractivity contribution in [3.63, 3.8) is 0 Å². The molecule has 0 aromatic rings. The minimum Gasteiger partial charge on any atom is -0.212 e. The highest BCUT2D eigenvalue weighted by Crippen LogP contribution is 2.20. The van der Waals surface area contributed by atoms with E-state index in [1.807, 2.05) is 0 Å². The Morgan fingerprint density at radius 2 is 2.00 bits per heavy atom. The second kappa shape index (κ2) is 4.42. The molecule has 1 N–H and O–H groups in total. The molecule has 0 aliphatic heterocycles. The topological polar surface area (TPSA) is 46.2 Å². The standard InChI is InChI=1S/C9H19NO2S/c1-8(2)4-3-7-13(11,12)10-9-5-6-9/h8-10H,3-7H2,1-2H3. The van der Waals surface area contributed by atoms with E-state index in [9.17, 15) is 8.42 Å². The van der Waals surface area contributed by atoms with Crippen molar-refractivity contribution in [1.82, 2.24) is 4.72 Å². The number of sulfonamides is 1. The van der Waals surface area contributed by atoms with Crippen LogP contribution in [0, 0.1) is 5.92 Å². The van der Waals surface area contributed by atoms with Crippen molar-refractivity contribution >= 4 is 10.0 Å². The minimum atomic E-state index is -2.96. The van der Waals surface area contributed by atoms with E-state index < -0.39 is 10.0 Å². The van der Waals surface area contributed by atoms with Crippen LogP contribution in [-0.2, 0) is 10.0 Å². The summed E-state index contributed by atoms with van der Waals surface area (Å²) in [5.74, 6) is 0.887. The maximum Gasteiger partial charge on any atom is 0.211 e. The molecule has 78 valence electrons. The molecule has 0 atom stereocenters. The van der Waals surface area contributed by atoms with Gasteiger partial charge in [0.2, 0.25) is 10.0 Å². The van der Waals surface area contributed by atoms with Crippen LogP contribution in [0.2, 0.25) is 0 Å². The molecule has 1 rings (SSSR count). The number of rotatable bonds is 6. The van der Waals surface area contributed by atoms with Crippen LogP contribution in [0.15, 0.2) is 0 Å². The summed E-state index contributed by atoms with van der Waals surface area (Å²) < 4.78 is 25.4. The fraction of sp³-hybridized carbons (Fsp3) is 1.00. The van der Waals surface area contributed by atoms with Crippen molar-refractivity contribution in [3.8, 4) is 0 Å². The Morgan fingerprint density at radius 3 is 2.46 bits per heavy atom. The summed E-state index contributed by atoms with van der Waals surface area (Å²) in [7, 11) is -2.96. The second-order valence-electron chi connectivity index (χ2n) is 4.25. The van der Waals surface area contributed by atoms with E-state index in [2.05, 4.69) is 18.6 Å². The Balaban J connectivity index is 2.17. The van der Waals surface area contributed by atoms with Crippen molar-refractivity contribution in [2.24, 2.45) is 5.92 Å². The third-order valence-corrected chi connectivity index (χ3v) is 3.64. The Kier molecular flexibility index (Phi) is 3.74. The number of hydrogen-bond acceptors (Lipinski definition) is 2. The average molecular weight is 205 g/mol. The summed E-state index contributed by atoms with van der Waals surface area (Å²) in [5.41, 5.74) is 0. The lowest BCUT2D eigenvalue weighted by atomic mass is 10.1. The lowest BCUT2D eigenvalue weighted by molar-refractivity contribution is 0.552. The summed E-state index contributed by atoms with van der Waals surface area (Å²) in [6.45, 7) is 4.22. The summed E-state index contributed by atoms with van der Waals surface area (Å²) in [6, 6.07) is 0.254. The first-order valence-corrected chi connectivity index (χ1v) is 6.65. The summed E-state index contributed by atoms with van der Waals surface area (Å²) >= 11 is 0. The van der Waals surface area contributed by atoms with Crippen LogP contribution >= 0.6 is 0 Å². The van der Waals surface area contributed by atoms with E-state index in [0.29, 0.717) is 11.7 Å². The fourth-order valence-electron chi connectivity index (χ4n) is 1.20. The third kappa shape index (κ3) is 5.26. The molecule has 0 heterocycles. The van der Waals surface area contributed by atoms with Gasteiger partial charge in [-0.25, -0.2) is 13.1 Å². The zero-order chi connectivity index (χ0) is 9.90. The largest absolute Gasteiger partial charge is 0.212 e. The molecule has 0 amide bonds. The Morgan fingerprint density at radius 1 is 1.38 bits per heavy atom. The minimum absolute atomic E-state index is 0.254. The first-order valence-electron chi connectivity index (χ1n) is 4.99. The van der Waals surface area contributed by atoms with Crippen LogP contribution in [0.3, 0.4) is 0 Å². The molecule has 0 bridgehead atoms. The van der Waals surface area contributed by atoms with Gasteiger partial charge >= 0.3 is 0 Å². The van der Waals surface area contributed by atoms with E-state index in [0.717, 1.165) is 25.7 Å². The molecule has 0 unspecified atom stereocenters. The molecule has 4 heteroatoms. The van der Waals surface area contributed by atoms with Crippen molar-refractivity contribution in [2.45, 2.75) is 45.6 Å². The highest BCUT2D eigenvalue weighted by atomic mass is 32.2. The van der Waals surface area contributed by atoms with E-state index in [1.165, 1.54) is 0 Å². The molecule has 1 saturated carbocycles. The quantitative estimate of drug-likeness (QED) is 0.714.